The van der Waals surface area contributed by atoms with Gasteiger partial charge in [0.1, 0.15) is 0 Å². The summed E-state index contributed by atoms with van der Waals surface area (Å²) in [6.45, 7) is 4.97. The highest BCUT2D eigenvalue weighted by Gasteiger charge is 2.20. The predicted octanol–water partition coefficient (Wildman–Crippen LogP) is 19.1. The molecule has 6 nitrogen and oxygen atoms in total. The molecule has 400 valence electrons. The quantitative estimate of drug-likeness (QED) is 0.0417. The van der Waals surface area contributed by atoms with Crippen molar-refractivity contribution in [2.75, 3.05) is 13.2 Å². The molecule has 3 N–H and O–H groups in total. The molecule has 2 unspecified atom stereocenters. The lowest BCUT2D eigenvalue weighted by molar-refractivity contribution is -0.143. The Hall–Kier alpha value is -1.14. The van der Waals surface area contributed by atoms with Crippen LogP contribution in [0.1, 0.15) is 354 Å². The molecule has 0 rings (SSSR count). The van der Waals surface area contributed by atoms with Crippen molar-refractivity contribution in [2.45, 2.75) is 366 Å². The molecule has 0 aliphatic rings. The highest BCUT2D eigenvalue weighted by molar-refractivity contribution is 5.76. The van der Waals surface area contributed by atoms with E-state index in [0.717, 1.165) is 44.9 Å². The molecular formula is C61H121NO5. The zero-order chi connectivity index (χ0) is 48.6. The van der Waals surface area contributed by atoms with Gasteiger partial charge in [0.2, 0.25) is 5.91 Å². The van der Waals surface area contributed by atoms with Crippen molar-refractivity contribution in [3.8, 4) is 0 Å². The number of amides is 1. The summed E-state index contributed by atoms with van der Waals surface area (Å²) in [7, 11) is 0. The average molecular weight is 949 g/mol. The molecule has 0 saturated carbocycles. The van der Waals surface area contributed by atoms with Crippen LogP contribution in [-0.4, -0.2) is 47.4 Å². The number of unbranched alkanes of at least 4 members (excludes halogenated alkanes) is 47. The number of carbonyl (C=O) groups excluding carboxylic acids is 2. The van der Waals surface area contributed by atoms with E-state index in [9.17, 15) is 19.8 Å². The fourth-order valence-corrected chi connectivity index (χ4v) is 9.94. The van der Waals surface area contributed by atoms with Gasteiger partial charge >= 0.3 is 5.97 Å². The van der Waals surface area contributed by atoms with Gasteiger partial charge in [-0.25, -0.2) is 0 Å². The first-order valence-electron chi connectivity index (χ1n) is 30.8. The fraction of sp³-hybridized carbons (Fsp3) is 0.967. The third-order valence-electron chi connectivity index (χ3n) is 14.7. The molecule has 0 aromatic rings. The van der Waals surface area contributed by atoms with Crippen molar-refractivity contribution in [1.29, 1.82) is 0 Å². The number of hydrogen-bond acceptors (Lipinski definition) is 5. The van der Waals surface area contributed by atoms with E-state index in [1.54, 1.807) is 0 Å². The van der Waals surface area contributed by atoms with Crippen molar-refractivity contribution in [3.63, 3.8) is 0 Å². The number of esters is 1. The number of ether oxygens (including phenoxy) is 1. The number of carbonyl (C=O) groups is 2. The SMILES string of the molecule is CCCCCCCCCCCCCCCCCCCCCC(=O)OCCCCCCCCCCCCCCCCCC(=O)NC(CO)C(O)CCCCCCCCCCCCCCCCCC. The largest absolute Gasteiger partial charge is 0.466 e. The smallest absolute Gasteiger partial charge is 0.305 e. The Labute approximate surface area is 419 Å². The maximum atomic E-state index is 12.5. The molecule has 0 radical (unpaired) electrons. The van der Waals surface area contributed by atoms with Crippen molar-refractivity contribution < 1.29 is 24.5 Å². The zero-order valence-electron chi connectivity index (χ0n) is 45.7. The molecule has 67 heavy (non-hydrogen) atoms. The molecule has 0 aliphatic carbocycles. The summed E-state index contributed by atoms with van der Waals surface area (Å²) in [5, 5.41) is 23.3. The summed E-state index contributed by atoms with van der Waals surface area (Å²) >= 11 is 0. The molecular weight excluding hydrogens is 827 g/mol. The summed E-state index contributed by atoms with van der Waals surface area (Å²) in [6.07, 6.45) is 66.7. The molecule has 0 aromatic heterocycles. The van der Waals surface area contributed by atoms with Gasteiger partial charge in [0.05, 0.1) is 25.4 Å². The maximum absolute atomic E-state index is 12.5. The number of hydrogen-bond donors (Lipinski definition) is 3. The Balaban J connectivity index is 3.39. The number of aliphatic hydroxyl groups is 2. The van der Waals surface area contributed by atoms with Gasteiger partial charge in [-0.15, -0.1) is 0 Å². The van der Waals surface area contributed by atoms with Crippen LogP contribution in [0, 0.1) is 0 Å². The molecule has 0 spiro atoms. The van der Waals surface area contributed by atoms with Crippen LogP contribution in [0.25, 0.3) is 0 Å². The van der Waals surface area contributed by atoms with Crippen molar-refractivity contribution in [1.82, 2.24) is 5.32 Å². The van der Waals surface area contributed by atoms with Gasteiger partial charge in [-0.2, -0.15) is 0 Å². The summed E-state index contributed by atoms with van der Waals surface area (Å²) in [5.74, 6) is -0.0331. The van der Waals surface area contributed by atoms with Gasteiger partial charge in [-0.05, 0) is 25.7 Å². The average Bonchev–Trinajstić information content (AvgIpc) is 3.33. The number of rotatable bonds is 58. The highest BCUT2D eigenvalue weighted by Crippen LogP contribution is 2.18. The van der Waals surface area contributed by atoms with Gasteiger partial charge in [0.25, 0.3) is 0 Å². The Morgan fingerprint density at radius 1 is 0.358 bits per heavy atom. The lowest BCUT2D eigenvalue weighted by atomic mass is 10.0. The number of nitrogens with one attached hydrogen (secondary N) is 1. The molecule has 0 saturated heterocycles. The van der Waals surface area contributed by atoms with E-state index in [1.165, 1.54) is 276 Å². The first-order chi connectivity index (χ1) is 33.0. The zero-order valence-corrected chi connectivity index (χ0v) is 45.7. The van der Waals surface area contributed by atoms with E-state index in [2.05, 4.69) is 19.2 Å². The van der Waals surface area contributed by atoms with Crippen LogP contribution < -0.4 is 5.32 Å². The van der Waals surface area contributed by atoms with Crippen LogP contribution in [-0.2, 0) is 14.3 Å². The Morgan fingerprint density at radius 2 is 0.612 bits per heavy atom. The molecule has 0 bridgehead atoms. The summed E-state index contributed by atoms with van der Waals surface area (Å²) in [5.41, 5.74) is 0. The molecule has 0 aliphatic heterocycles. The molecule has 6 heteroatoms. The lowest BCUT2D eigenvalue weighted by Crippen LogP contribution is -2.45. The normalized spacial score (nSPS) is 12.5. The van der Waals surface area contributed by atoms with Gasteiger partial charge < -0.3 is 20.3 Å². The second-order valence-corrected chi connectivity index (χ2v) is 21.4. The monoisotopic (exact) mass is 948 g/mol. The van der Waals surface area contributed by atoms with Crippen LogP contribution in [0.4, 0.5) is 0 Å². The van der Waals surface area contributed by atoms with Crippen LogP contribution in [0.5, 0.6) is 0 Å². The number of aliphatic hydroxyl groups excluding tert-OH is 2. The second kappa shape index (κ2) is 57.4. The summed E-state index contributed by atoms with van der Waals surface area (Å²) in [4.78, 5) is 24.6. The van der Waals surface area contributed by atoms with E-state index in [1.807, 2.05) is 0 Å². The minimum Gasteiger partial charge on any atom is -0.466 e. The second-order valence-electron chi connectivity index (χ2n) is 21.4. The van der Waals surface area contributed by atoms with E-state index >= 15 is 0 Å². The molecule has 0 heterocycles. The van der Waals surface area contributed by atoms with Crippen LogP contribution >= 0.6 is 0 Å². The van der Waals surface area contributed by atoms with Crippen LogP contribution in [0.15, 0.2) is 0 Å². The van der Waals surface area contributed by atoms with E-state index in [4.69, 9.17) is 4.74 Å². The Bertz CT molecular complexity index is 959. The Kier molecular flexibility index (Phi) is 56.5. The topological polar surface area (TPSA) is 95.9 Å². The highest BCUT2D eigenvalue weighted by atomic mass is 16.5. The van der Waals surface area contributed by atoms with Crippen LogP contribution in [0.3, 0.4) is 0 Å². The summed E-state index contributed by atoms with van der Waals surface area (Å²) < 4.78 is 5.50. The Morgan fingerprint density at radius 3 is 0.910 bits per heavy atom. The lowest BCUT2D eigenvalue weighted by Gasteiger charge is -2.22. The third-order valence-corrected chi connectivity index (χ3v) is 14.7. The van der Waals surface area contributed by atoms with E-state index in [-0.39, 0.29) is 18.5 Å². The first-order valence-corrected chi connectivity index (χ1v) is 30.8. The minimum absolute atomic E-state index is 0.00671. The predicted molar refractivity (Wildman–Crippen MR) is 292 cm³/mol. The standard InChI is InChI=1S/C61H121NO5/c1-3-5-7-9-11-13-15-17-19-21-22-23-27-31-35-39-43-47-51-55-61(66)67-56-52-48-44-40-36-32-28-24-26-30-34-38-42-46-50-54-60(65)62-58(57-63)59(64)53-49-45-41-37-33-29-25-20-18-16-14-12-10-8-6-4-2/h58-59,63-64H,3-57H2,1-2H3,(H,62,65). The van der Waals surface area contributed by atoms with Crippen molar-refractivity contribution in [2.24, 2.45) is 0 Å². The van der Waals surface area contributed by atoms with Crippen LogP contribution in [0.2, 0.25) is 0 Å². The molecule has 2 atom stereocenters. The van der Waals surface area contributed by atoms with Crippen molar-refractivity contribution >= 4 is 11.9 Å². The van der Waals surface area contributed by atoms with E-state index in [0.29, 0.717) is 25.9 Å². The van der Waals surface area contributed by atoms with Gasteiger partial charge in [-0.3, -0.25) is 9.59 Å². The molecule has 0 aromatic carbocycles. The van der Waals surface area contributed by atoms with Gasteiger partial charge in [0.15, 0.2) is 0 Å². The minimum atomic E-state index is -0.669. The molecule has 1 amide bonds. The van der Waals surface area contributed by atoms with E-state index < -0.39 is 12.1 Å². The molecule has 0 fully saturated rings. The maximum Gasteiger partial charge on any atom is 0.305 e. The van der Waals surface area contributed by atoms with Gasteiger partial charge in [0, 0.05) is 12.8 Å². The first kappa shape index (κ1) is 65.9. The van der Waals surface area contributed by atoms with Crippen molar-refractivity contribution in [3.05, 3.63) is 0 Å². The summed E-state index contributed by atoms with van der Waals surface area (Å²) in [6, 6.07) is -0.547. The fourth-order valence-electron chi connectivity index (χ4n) is 9.94. The van der Waals surface area contributed by atoms with Gasteiger partial charge in [-0.1, -0.05) is 316 Å². The third kappa shape index (κ3) is 54.0.